The number of anilines is 1. The van der Waals surface area contributed by atoms with E-state index in [1.54, 1.807) is 0 Å². The van der Waals surface area contributed by atoms with Gasteiger partial charge in [0.05, 0.1) is 10.2 Å². The van der Waals surface area contributed by atoms with E-state index in [-0.39, 0.29) is 0 Å². The van der Waals surface area contributed by atoms with Gasteiger partial charge >= 0.3 is 0 Å². The Morgan fingerprint density at radius 2 is 1.88 bits per heavy atom. The van der Waals surface area contributed by atoms with Gasteiger partial charge in [0.15, 0.2) is 0 Å². The van der Waals surface area contributed by atoms with Crippen LogP contribution in [0.4, 0.5) is 5.95 Å². The van der Waals surface area contributed by atoms with Crippen molar-refractivity contribution in [2.75, 3.05) is 11.9 Å². The summed E-state index contributed by atoms with van der Waals surface area (Å²) in [6, 6.07) is 11.4. The second-order valence-corrected chi connectivity index (χ2v) is 7.63. The Morgan fingerprint density at radius 1 is 1.17 bits per heavy atom. The quantitative estimate of drug-likeness (QED) is 0.792. The van der Waals surface area contributed by atoms with Gasteiger partial charge in [-0.25, -0.2) is 9.97 Å². The highest BCUT2D eigenvalue weighted by Crippen LogP contribution is 2.27. The Balaban J connectivity index is 1.60. The van der Waals surface area contributed by atoms with Crippen molar-refractivity contribution in [2.45, 2.75) is 45.2 Å². The van der Waals surface area contributed by atoms with E-state index >= 15 is 0 Å². The number of piperidine rings is 1. The maximum Gasteiger partial charge on any atom is 0.223 e. The third-order valence-corrected chi connectivity index (χ3v) is 5.15. The zero-order valence-electron chi connectivity index (χ0n) is 14.3. The molecule has 1 fully saturated rings. The largest absolute Gasteiger partial charge is 0.354 e. The lowest BCUT2D eigenvalue weighted by Crippen LogP contribution is -2.42. The van der Waals surface area contributed by atoms with E-state index in [0.29, 0.717) is 18.0 Å². The fraction of sp³-hybridized carbons (Fsp3) is 0.474. The van der Waals surface area contributed by atoms with Gasteiger partial charge in [0.1, 0.15) is 0 Å². The number of nitrogens with zero attached hydrogens (tertiary/aromatic N) is 2. The highest BCUT2D eigenvalue weighted by atomic mass is 79.9. The van der Waals surface area contributed by atoms with Gasteiger partial charge in [-0.1, -0.05) is 30.3 Å². The summed E-state index contributed by atoms with van der Waals surface area (Å²) in [6.45, 7) is 5.47. The molecule has 3 rings (SSSR count). The topological polar surface area (TPSA) is 49.8 Å². The summed E-state index contributed by atoms with van der Waals surface area (Å²) in [4.78, 5) is 9.07. The summed E-state index contributed by atoms with van der Waals surface area (Å²) in [7, 11) is 0. The fourth-order valence-corrected chi connectivity index (χ4v) is 4.01. The van der Waals surface area contributed by atoms with Crippen molar-refractivity contribution in [1.29, 1.82) is 0 Å². The average Bonchev–Trinajstić information content (AvgIpc) is 2.56. The Labute approximate surface area is 152 Å². The molecular weight excluding hydrogens is 364 g/mol. The lowest BCUT2D eigenvalue weighted by atomic mass is 9.87. The monoisotopic (exact) mass is 388 g/mol. The van der Waals surface area contributed by atoms with E-state index in [4.69, 9.17) is 0 Å². The van der Waals surface area contributed by atoms with Gasteiger partial charge in [-0.05, 0) is 55.0 Å². The van der Waals surface area contributed by atoms with Gasteiger partial charge in [0.2, 0.25) is 5.95 Å². The normalized spacial score (nSPS) is 23.9. The summed E-state index contributed by atoms with van der Waals surface area (Å²) in [6.07, 6.45) is 5.49. The molecule has 2 N–H and O–H groups in total. The van der Waals surface area contributed by atoms with Crippen LogP contribution in [-0.4, -0.2) is 28.6 Å². The molecule has 0 spiro atoms. The van der Waals surface area contributed by atoms with Crippen molar-refractivity contribution >= 4 is 21.9 Å². The van der Waals surface area contributed by atoms with E-state index in [1.165, 1.54) is 12.8 Å². The Morgan fingerprint density at radius 3 is 2.58 bits per heavy atom. The SMILES string of the molecule is CC1CC(CCNc2ncc(Br)c(-c3ccccc3)n2)CC(C)N1. The van der Waals surface area contributed by atoms with Crippen LogP contribution in [0.5, 0.6) is 0 Å². The predicted octanol–water partition coefficient (Wildman–Crippen LogP) is 4.48. The van der Waals surface area contributed by atoms with Gasteiger partial charge in [0, 0.05) is 30.4 Å². The molecule has 1 saturated heterocycles. The smallest absolute Gasteiger partial charge is 0.223 e. The molecule has 1 aliphatic heterocycles. The molecule has 4 nitrogen and oxygen atoms in total. The van der Waals surface area contributed by atoms with Crippen LogP contribution in [0.2, 0.25) is 0 Å². The molecule has 0 radical (unpaired) electrons. The van der Waals surface area contributed by atoms with Gasteiger partial charge in [-0.2, -0.15) is 0 Å². The number of rotatable bonds is 5. The van der Waals surface area contributed by atoms with Crippen molar-refractivity contribution in [3.63, 3.8) is 0 Å². The summed E-state index contributed by atoms with van der Waals surface area (Å²) < 4.78 is 0.917. The van der Waals surface area contributed by atoms with E-state index in [0.717, 1.165) is 34.6 Å². The van der Waals surface area contributed by atoms with Crippen molar-refractivity contribution in [3.05, 3.63) is 41.0 Å². The predicted molar refractivity (Wildman–Crippen MR) is 103 cm³/mol. The fourth-order valence-electron chi connectivity index (χ4n) is 3.59. The molecule has 0 bridgehead atoms. The number of nitrogens with one attached hydrogen (secondary N) is 2. The molecule has 0 aliphatic carbocycles. The number of benzene rings is 1. The number of hydrogen-bond acceptors (Lipinski definition) is 4. The van der Waals surface area contributed by atoms with Crippen molar-refractivity contribution < 1.29 is 0 Å². The third-order valence-electron chi connectivity index (χ3n) is 4.57. The minimum absolute atomic E-state index is 0.618. The summed E-state index contributed by atoms with van der Waals surface area (Å²) in [5.41, 5.74) is 2.02. The molecule has 128 valence electrons. The number of aromatic nitrogens is 2. The number of hydrogen-bond donors (Lipinski definition) is 2. The van der Waals surface area contributed by atoms with Crippen molar-refractivity contribution in [1.82, 2.24) is 15.3 Å². The molecule has 1 aromatic carbocycles. The Kier molecular flexibility index (Phi) is 5.85. The zero-order valence-corrected chi connectivity index (χ0v) is 15.9. The van der Waals surface area contributed by atoms with Crippen LogP contribution < -0.4 is 10.6 Å². The van der Waals surface area contributed by atoms with Crippen LogP contribution >= 0.6 is 15.9 Å². The molecular formula is C19H25BrN4. The summed E-state index contributed by atoms with van der Waals surface area (Å²) >= 11 is 3.55. The van der Waals surface area contributed by atoms with Crippen molar-refractivity contribution in [2.24, 2.45) is 5.92 Å². The molecule has 0 saturated carbocycles. The second kappa shape index (κ2) is 8.08. The number of halogens is 1. The van der Waals surface area contributed by atoms with Gasteiger partial charge in [-0.15, -0.1) is 0 Å². The lowest BCUT2D eigenvalue weighted by Gasteiger charge is -2.33. The second-order valence-electron chi connectivity index (χ2n) is 6.78. The Bertz CT molecular complexity index is 652. The Hall–Kier alpha value is -1.46. The highest BCUT2D eigenvalue weighted by molar-refractivity contribution is 9.10. The van der Waals surface area contributed by atoms with Crippen molar-refractivity contribution in [3.8, 4) is 11.3 Å². The molecule has 2 unspecified atom stereocenters. The van der Waals surface area contributed by atoms with Crippen LogP contribution in [0.3, 0.4) is 0 Å². The van der Waals surface area contributed by atoms with Gasteiger partial charge in [0.25, 0.3) is 0 Å². The summed E-state index contributed by atoms with van der Waals surface area (Å²) in [5, 5.41) is 6.99. The molecule has 0 amide bonds. The lowest BCUT2D eigenvalue weighted by molar-refractivity contribution is 0.255. The highest BCUT2D eigenvalue weighted by Gasteiger charge is 2.22. The minimum atomic E-state index is 0.618. The van der Waals surface area contributed by atoms with E-state index < -0.39 is 0 Å². The van der Waals surface area contributed by atoms with Crippen LogP contribution in [-0.2, 0) is 0 Å². The average molecular weight is 389 g/mol. The maximum atomic E-state index is 4.67. The zero-order chi connectivity index (χ0) is 16.9. The van der Waals surface area contributed by atoms with Gasteiger partial charge in [-0.3, -0.25) is 0 Å². The first-order valence-corrected chi connectivity index (χ1v) is 9.49. The molecule has 2 aromatic rings. The van der Waals surface area contributed by atoms with E-state index in [2.05, 4.69) is 62.5 Å². The molecule has 2 atom stereocenters. The maximum absolute atomic E-state index is 4.67. The standard InChI is InChI=1S/C19H25BrN4/c1-13-10-15(11-14(2)23-13)8-9-21-19-22-12-17(20)18(24-19)16-6-4-3-5-7-16/h3-7,12-15,23H,8-11H2,1-2H3,(H,21,22,24). The van der Waals surface area contributed by atoms with E-state index in [9.17, 15) is 0 Å². The molecule has 24 heavy (non-hydrogen) atoms. The third kappa shape index (κ3) is 4.54. The first-order chi connectivity index (χ1) is 11.6. The molecule has 5 heteroatoms. The van der Waals surface area contributed by atoms with Crippen LogP contribution in [0.25, 0.3) is 11.3 Å². The van der Waals surface area contributed by atoms with Crippen LogP contribution in [0.1, 0.15) is 33.1 Å². The molecule has 1 aliphatic rings. The van der Waals surface area contributed by atoms with E-state index in [1.807, 2.05) is 24.4 Å². The molecule has 1 aromatic heterocycles. The minimum Gasteiger partial charge on any atom is -0.354 e. The van der Waals surface area contributed by atoms with Crippen LogP contribution in [0.15, 0.2) is 41.0 Å². The van der Waals surface area contributed by atoms with Gasteiger partial charge < -0.3 is 10.6 Å². The molecule has 2 heterocycles. The summed E-state index contributed by atoms with van der Waals surface area (Å²) in [5.74, 6) is 1.47. The first-order valence-electron chi connectivity index (χ1n) is 8.69. The first kappa shape index (κ1) is 17.4. The van der Waals surface area contributed by atoms with Crippen LogP contribution in [0, 0.1) is 5.92 Å².